The molecule has 0 aliphatic carbocycles. The Hall–Kier alpha value is -2.27. The van der Waals surface area contributed by atoms with Gasteiger partial charge in [-0.25, -0.2) is 0 Å². The van der Waals surface area contributed by atoms with E-state index in [1.165, 1.54) is 11.1 Å². The van der Waals surface area contributed by atoms with Gasteiger partial charge < -0.3 is 10.2 Å². The highest BCUT2D eigenvalue weighted by Gasteiger charge is 2.26. The molecule has 0 bridgehead atoms. The zero-order chi connectivity index (χ0) is 22.1. The van der Waals surface area contributed by atoms with Crippen LogP contribution in [-0.4, -0.2) is 35.1 Å². The van der Waals surface area contributed by atoms with E-state index < -0.39 is 6.04 Å². The quantitative estimate of drug-likeness (QED) is 0.598. The number of benzene rings is 2. The van der Waals surface area contributed by atoms with Crippen LogP contribution in [0.2, 0.25) is 0 Å². The second-order valence-corrected chi connectivity index (χ2v) is 9.29. The van der Waals surface area contributed by atoms with Gasteiger partial charge in [0.1, 0.15) is 6.04 Å². The summed E-state index contributed by atoms with van der Waals surface area (Å²) in [5, 5.41) is 2.96. The predicted molar refractivity (Wildman–Crippen MR) is 126 cm³/mol. The summed E-state index contributed by atoms with van der Waals surface area (Å²) in [4.78, 5) is 27.5. The van der Waals surface area contributed by atoms with Crippen LogP contribution in [0.1, 0.15) is 43.0 Å². The molecule has 0 aromatic heterocycles. The first kappa shape index (κ1) is 24.0. The molecule has 0 saturated heterocycles. The summed E-state index contributed by atoms with van der Waals surface area (Å²) in [6, 6.07) is 15.9. The van der Waals surface area contributed by atoms with Crippen molar-refractivity contribution in [2.45, 2.75) is 53.0 Å². The van der Waals surface area contributed by atoms with Gasteiger partial charge in [0.15, 0.2) is 0 Å². The first-order valence-electron chi connectivity index (χ1n) is 10.5. The van der Waals surface area contributed by atoms with Crippen LogP contribution in [-0.2, 0) is 21.9 Å². The van der Waals surface area contributed by atoms with Gasteiger partial charge in [0.2, 0.25) is 11.8 Å². The van der Waals surface area contributed by atoms with Crippen LogP contribution in [0.5, 0.6) is 0 Å². The largest absolute Gasteiger partial charge is 0.354 e. The number of carbonyl (C=O) groups is 2. The third kappa shape index (κ3) is 7.86. The standard InChI is InChI=1S/C25H34N2O2S/c1-18(2)14-26-25(29)21(5)27(15-22-10-6-8-19(3)12-22)24(28)17-30-16-23-11-7-9-20(4)13-23/h6-13,18,21H,14-17H2,1-5H3,(H,26,29)/t21-/m0/s1. The van der Waals surface area contributed by atoms with Crippen LogP contribution >= 0.6 is 11.8 Å². The lowest BCUT2D eigenvalue weighted by Gasteiger charge is -2.29. The lowest BCUT2D eigenvalue weighted by Crippen LogP contribution is -2.48. The van der Waals surface area contributed by atoms with Crippen molar-refractivity contribution in [1.82, 2.24) is 10.2 Å². The number of carbonyl (C=O) groups excluding carboxylic acids is 2. The van der Waals surface area contributed by atoms with E-state index >= 15 is 0 Å². The molecule has 0 radical (unpaired) electrons. The fourth-order valence-corrected chi connectivity index (χ4v) is 4.04. The van der Waals surface area contributed by atoms with E-state index in [1.807, 2.05) is 38.1 Å². The van der Waals surface area contributed by atoms with Crippen LogP contribution < -0.4 is 5.32 Å². The predicted octanol–water partition coefficient (Wildman–Crippen LogP) is 4.73. The number of hydrogen-bond acceptors (Lipinski definition) is 3. The third-order valence-corrected chi connectivity index (χ3v) is 5.85. The fourth-order valence-electron chi connectivity index (χ4n) is 3.18. The lowest BCUT2D eigenvalue weighted by molar-refractivity contribution is -0.138. The van der Waals surface area contributed by atoms with Crippen molar-refractivity contribution in [2.75, 3.05) is 12.3 Å². The van der Waals surface area contributed by atoms with Gasteiger partial charge in [-0.3, -0.25) is 9.59 Å². The minimum Gasteiger partial charge on any atom is -0.354 e. The first-order chi connectivity index (χ1) is 14.3. The zero-order valence-electron chi connectivity index (χ0n) is 18.8. The summed E-state index contributed by atoms with van der Waals surface area (Å²) in [7, 11) is 0. The maximum atomic E-state index is 13.1. The van der Waals surface area contributed by atoms with Crippen molar-refractivity contribution < 1.29 is 9.59 Å². The molecule has 162 valence electrons. The Balaban J connectivity index is 2.06. The van der Waals surface area contributed by atoms with Crippen molar-refractivity contribution in [3.05, 3.63) is 70.8 Å². The molecule has 0 unspecified atom stereocenters. The number of nitrogens with one attached hydrogen (secondary N) is 1. The average Bonchev–Trinajstić information content (AvgIpc) is 2.69. The smallest absolute Gasteiger partial charge is 0.242 e. The topological polar surface area (TPSA) is 49.4 Å². The first-order valence-corrected chi connectivity index (χ1v) is 11.7. The van der Waals surface area contributed by atoms with Crippen LogP contribution in [0.3, 0.4) is 0 Å². The molecule has 1 atom stereocenters. The molecule has 2 aromatic carbocycles. The van der Waals surface area contributed by atoms with Crippen LogP contribution in [0.4, 0.5) is 0 Å². The zero-order valence-corrected chi connectivity index (χ0v) is 19.6. The Morgan fingerprint density at radius 1 is 0.967 bits per heavy atom. The van der Waals surface area contributed by atoms with E-state index in [9.17, 15) is 9.59 Å². The van der Waals surface area contributed by atoms with Gasteiger partial charge >= 0.3 is 0 Å². The number of rotatable bonds is 10. The molecular formula is C25H34N2O2S. The Bertz CT molecular complexity index is 851. The monoisotopic (exact) mass is 426 g/mol. The minimum absolute atomic E-state index is 0.0126. The number of amides is 2. The molecular weight excluding hydrogens is 392 g/mol. The molecule has 0 saturated carbocycles. The Labute approximate surface area is 185 Å². The number of thioether (sulfide) groups is 1. The maximum Gasteiger partial charge on any atom is 0.242 e. The summed E-state index contributed by atoms with van der Waals surface area (Å²) >= 11 is 1.59. The molecule has 0 heterocycles. The summed E-state index contributed by atoms with van der Waals surface area (Å²) < 4.78 is 0. The Kier molecular flexibility index (Phi) is 9.44. The van der Waals surface area contributed by atoms with Crippen molar-refractivity contribution >= 4 is 23.6 Å². The number of aryl methyl sites for hydroxylation is 2. The van der Waals surface area contributed by atoms with Crippen molar-refractivity contribution in [3.8, 4) is 0 Å². The molecule has 0 aliphatic heterocycles. The summed E-state index contributed by atoms with van der Waals surface area (Å²) in [5.41, 5.74) is 4.61. The van der Waals surface area contributed by atoms with Gasteiger partial charge in [-0.05, 0) is 37.8 Å². The number of nitrogens with zero attached hydrogens (tertiary/aromatic N) is 1. The van der Waals surface area contributed by atoms with Gasteiger partial charge in [-0.2, -0.15) is 0 Å². The molecule has 30 heavy (non-hydrogen) atoms. The molecule has 0 fully saturated rings. The normalized spacial score (nSPS) is 11.9. The average molecular weight is 427 g/mol. The van der Waals surface area contributed by atoms with Crippen LogP contribution in [0, 0.1) is 19.8 Å². The molecule has 1 N–H and O–H groups in total. The van der Waals surface area contributed by atoms with Crippen LogP contribution in [0.25, 0.3) is 0 Å². The highest BCUT2D eigenvalue weighted by Crippen LogP contribution is 2.17. The van der Waals surface area contributed by atoms with Gasteiger partial charge in [0.25, 0.3) is 0 Å². The van der Waals surface area contributed by atoms with E-state index in [1.54, 1.807) is 16.7 Å². The Morgan fingerprint density at radius 3 is 2.17 bits per heavy atom. The van der Waals surface area contributed by atoms with Crippen LogP contribution in [0.15, 0.2) is 48.5 Å². The molecule has 0 aliphatic rings. The maximum absolute atomic E-state index is 13.1. The van der Waals surface area contributed by atoms with E-state index in [2.05, 4.69) is 50.4 Å². The van der Waals surface area contributed by atoms with E-state index in [0.717, 1.165) is 16.9 Å². The summed E-state index contributed by atoms with van der Waals surface area (Å²) in [5.74, 6) is 1.38. The van der Waals surface area contributed by atoms with E-state index in [0.29, 0.717) is 24.8 Å². The third-order valence-electron chi connectivity index (χ3n) is 4.86. The van der Waals surface area contributed by atoms with Gasteiger partial charge in [0, 0.05) is 18.8 Å². The molecule has 2 aromatic rings. The van der Waals surface area contributed by atoms with E-state index in [4.69, 9.17) is 0 Å². The second kappa shape index (κ2) is 11.8. The minimum atomic E-state index is -0.517. The molecule has 2 amide bonds. The van der Waals surface area contributed by atoms with Crippen molar-refractivity contribution in [3.63, 3.8) is 0 Å². The highest BCUT2D eigenvalue weighted by atomic mass is 32.2. The van der Waals surface area contributed by atoms with Crippen molar-refractivity contribution in [1.29, 1.82) is 0 Å². The second-order valence-electron chi connectivity index (χ2n) is 8.31. The summed E-state index contributed by atoms with van der Waals surface area (Å²) in [6.45, 7) is 11.1. The lowest BCUT2D eigenvalue weighted by atomic mass is 10.1. The molecule has 0 spiro atoms. The Morgan fingerprint density at radius 2 is 1.57 bits per heavy atom. The fraction of sp³-hybridized carbons (Fsp3) is 0.440. The molecule has 2 rings (SSSR count). The van der Waals surface area contributed by atoms with Gasteiger partial charge in [-0.15, -0.1) is 11.8 Å². The van der Waals surface area contributed by atoms with Crippen molar-refractivity contribution in [2.24, 2.45) is 5.92 Å². The van der Waals surface area contributed by atoms with Gasteiger partial charge in [0.05, 0.1) is 5.75 Å². The highest BCUT2D eigenvalue weighted by molar-refractivity contribution is 7.99. The SMILES string of the molecule is Cc1cccc(CSCC(=O)N(Cc2cccc(C)c2)[C@@H](C)C(=O)NCC(C)C)c1. The molecule has 5 heteroatoms. The summed E-state index contributed by atoms with van der Waals surface area (Å²) in [6.07, 6.45) is 0. The van der Waals surface area contributed by atoms with Gasteiger partial charge in [-0.1, -0.05) is 73.5 Å². The van der Waals surface area contributed by atoms with E-state index in [-0.39, 0.29) is 11.8 Å². The number of hydrogen-bond donors (Lipinski definition) is 1. The molecule has 4 nitrogen and oxygen atoms in total.